The van der Waals surface area contributed by atoms with E-state index in [0.29, 0.717) is 31.3 Å². The van der Waals surface area contributed by atoms with E-state index in [1.54, 1.807) is 0 Å². The molecule has 7 heteroatoms. The molecule has 1 saturated heterocycles. The first-order valence-corrected chi connectivity index (χ1v) is 17.6. The Morgan fingerprint density at radius 1 is 0.738 bits per heavy atom. The molecule has 2 heterocycles. The largest absolute Gasteiger partial charge is 0.455 e. The molecule has 0 bridgehead atoms. The molecule has 0 spiro atoms. The Morgan fingerprint density at radius 2 is 1.31 bits per heavy atom. The van der Waals surface area contributed by atoms with Crippen molar-refractivity contribution in [2.45, 2.75) is 204 Å². The predicted molar refractivity (Wildman–Crippen MR) is 168 cm³/mol. The van der Waals surface area contributed by atoms with Crippen LogP contribution in [0.5, 0.6) is 0 Å². The van der Waals surface area contributed by atoms with Gasteiger partial charge in [-0.25, -0.2) is 4.79 Å². The van der Waals surface area contributed by atoms with Crippen LogP contribution in [0.2, 0.25) is 0 Å². The van der Waals surface area contributed by atoms with Crippen LogP contribution >= 0.6 is 0 Å². The van der Waals surface area contributed by atoms with Gasteiger partial charge in [-0.2, -0.15) is 0 Å². The van der Waals surface area contributed by atoms with Crippen molar-refractivity contribution in [1.82, 2.24) is 0 Å². The van der Waals surface area contributed by atoms with Crippen LogP contribution < -0.4 is 0 Å². The average Bonchev–Trinajstić information content (AvgIpc) is 3.57. The molecule has 2 unspecified atom stereocenters. The normalized spacial score (nSPS) is 23.5. The van der Waals surface area contributed by atoms with Crippen molar-refractivity contribution in [3.05, 3.63) is 11.6 Å². The van der Waals surface area contributed by atoms with E-state index in [9.17, 15) is 25.2 Å². The first kappa shape index (κ1) is 37.2. The quantitative estimate of drug-likeness (QED) is 0.0624. The summed E-state index contributed by atoms with van der Waals surface area (Å²) in [6.45, 7) is 3.91. The summed E-state index contributed by atoms with van der Waals surface area (Å²) in [5, 5.41) is 40.8. The molecule has 7 nitrogen and oxygen atoms in total. The van der Waals surface area contributed by atoms with E-state index in [1.807, 2.05) is 13.0 Å². The highest BCUT2D eigenvalue weighted by Crippen LogP contribution is 2.28. The maximum Gasteiger partial charge on any atom is 0.334 e. The van der Waals surface area contributed by atoms with E-state index in [0.717, 1.165) is 51.4 Å². The van der Waals surface area contributed by atoms with Crippen LogP contribution in [0.4, 0.5) is 0 Å². The Morgan fingerprint density at radius 3 is 1.88 bits per heavy atom. The minimum absolute atomic E-state index is 0.125. The molecule has 0 saturated carbocycles. The molecule has 2 aliphatic rings. The fourth-order valence-corrected chi connectivity index (χ4v) is 6.39. The van der Waals surface area contributed by atoms with Crippen LogP contribution in [-0.2, 0) is 14.3 Å². The zero-order chi connectivity index (χ0) is 30.6. The Bertz CT molecular complexity index is 726. The molecule has 0 aromatic carbocycles. The van der Waals surface area contributed by atoms with Crippen molar-refractivity contribution in [1.29, 1.82) is 0 Å². The number of aliphatic hydroxyl groups excluding tert-OH is 4. The van der Waals surface area contributed by atoms with Crippen LogP contribution in [0.25, 0.3) is 0 Å². The van der Waals surface area contributed by atoms with E-state index in [1.165, 1.54) is 70.6 Å². The van der Waals surface area contributed by atoms with Crippen molar-refractivity contribution in [3.8, 4) is 0 Å². The van der Waals surface area contributed by atoms with Crippen molar-refractivity contribution in [2.75, 3.05) is 0 Å². The number of aliphatic hydroxyl groups is 4. The Hall–Kier alpha value is -0.990. The number of carbonyl (C=O) groups is 1. The van der Waals surface area contributed by atoms with Gasteiger partial charge in [0.05, 0.1) is 36.6 Å². The van der Waals surface area contributed by atoms with Gasteiger partial charge in [0.2, 0.25) is 0 Å². The molecule has 246 valence electrons. The third kappa shape index (κ3) is 16.2. The number of carbonyl (C=O) groups excluding carboxylic acids is 1. The van der Waals surface area contributed by atoms with Crippen LogP contribution in [0.1, 0.15) is 162 Å². The average molecular weight is 597 g/mol. The lowest BCUT2D eigenvalue weighted by atomic mass is 9.98. The van der Waals surface area contributed by atoms with Crippen molar-refractivity contribution in [2.24, 2.45) is 0 Å². The van der Waals surface area contributed by atoms with E-state index >= 15 is 0 Å². The van der Waals surface area contributed by atoms with Gasteiger partial charge in [-0.15, -0.1) is 0 Å². The summed E-state index contributed by atoms with van der Waals surface area (Å²) in [7, 11) is 0. The van der Waals surface area contributed by atoms with Crippen LogP contribution in [0.15, 0.2) is 11.6 Å². The molecule has 0 aliphatic carbocycles. The van der Waals surface area contributed by atoms with Gasteiger partial charge in [0.15, 0.2) is 0 Å². The summed E-state index contributed by atoms with van der Waals surface area (Å²) in [5.41, 5.74) is 0.629. The van der Waals surface area contributed by atoms with Gasteiger partial charge in [0.1, 0.15) is 6.10 Å². The molecule has 2 rings (SSSR count). The highest BCUT2D eigenvalue weighted by atomic mass is 16.5. The number of esters is 1. The minimum Gasteiger partial charge on any atom is -0.455 e. The second kappa shape index (κ2) is 22.5. The number of hydrogen-bond acceptors (Lipinski definition) is 7. The van der Waals surface area contributed by atoms with Gasteiger partial charge >= 0.3 is 5.97 Å². The first-order valence-electron chi connectivity index (χ1n) is 17.6. The topological polar surface area (TPSA) is 116 Å². The fourth-order valence-electron chi connectivity index (χ4n) is 6.39. The van der Waals surface area contributed by atoms with E-state index in [4.69, 9.17) is 9.47 Å². The second-order valence-electron chi connectivity index (χ2n) is 13.1. The Labute approximate surface area is 256 Å². The van der Waals surface area contributed by atoms with E-state index in [2.05, 4.69) is 6.92 Å². The molecule has 0 aromatic rings. The number of hydrogen-bond donors (Lipinski definition) is 4. The van der Waals surface area contributed by atoms with Crippen LogP contribution in [0.3, 0.4) is 0 Å². The fraction of sp³-hybridized carbons (Fsp3) is 0.914. The molecule has 0 aromatic heterocycles. The predicted octanol–water partition coefficient (Wildman–Crippen LogP) is 7.06. The maximum atomic E-state index is 11.6. The maximum absolute atomic E-state index is 11.6. The third-order valence-electron chi connectivity index (χ3n) is 9.14. The molecular weight excluding hydrogens is 532 g/mol. The second-order valence-corrected chi connectivity index (χ2v) is 13.1. The summed E-state index contributed by atoms with van der Waals surface area (Å²) >= 11 is 0. The number of rotatable bonds is 26. The summed E-state index contributed by atoms with van der Waals surface area (Å²) in [5.74, 6) is -0.270. The van der Waals surface area contributed by atoms with Crippen LogP contribution in [0, 0.1) is 0 Å². The Balaban J connectivity index is 1.32. The molecule has 4 N–H and O–H groups in total. The Kier molecular flexibility index (Phi) is 19.9. The van der Waals surface area contributed by atoms with E-state index < -0.39 is 24.4 Å². The van der Waals surface area contributed by atoms with E-state index in [-0.39, 0.29) is 24.3 Å². The first-order chi connectivity index (χ1) is 20.3. The zero-order valence-electron chi connectivity index (χ0n) is 26.9. The zero-order valence-corrected chi connectivity index (χ0v) is 26.9. The van der Waals surface area contributed by atoms with Gasteiger partial charge in [0, 0.05) is 12.0 Å². The summed E-state index contributed by atoms with van der Waals surface area (Å²) < 4.78 is 11.2. The van der Waals surface area contributed by atoms with Gasteiger partial charge in [-0.05, 0) is 57.9 Å². The highest BCUT2D eigenvalue weighted by Gasteiger charge is 2.31. The van der Waals surface area contributed by atoms with Gasteiger partial charge in [-0.3, -0.25) is 0 Å². The molecule has 2 aliphatic heterocycles. The smallest absolute Gasteiger partial charge is 0.334 e. The number of ether oxygens (including phenoxy) is 2. The lowest BCUT2D eigenvalue weighted by Gasteiger charge is -2.22. The number of unbranched alkanes of at least 4 members (excludes halogenated alkanes) is 13. The molecule has 0 radical (unpaired) electrons. The monoisotopic (exact) mass is 596 g/mol. The van der Waals surface area contributed by atoms with Crippen molar-refractivity contribution in [3.63, 3.8) is 0 Å². The lowest BCUT2D eigenvalue weighted by molar-refractivity contribution is -0.139. The third-order valence-corrected chi connectivity index (χ3v) is 9.14. The molecule has 1 fully saturated rings. The highest BCUT2D eigenvalue weighted by molar-refractivity contribution is 5.90. The SMILES string of the molecule is CCCC[C@H](O)[C@@H](O)CC[C@H](O)C1CCC(CCCCCCCCCCCCCCC[C@@H](O)CC2=C[C@H](C)OC2=O)O1. The minimum atomic E-state index is -0.758. The van der Waals surface area contributed by atoms with Gasteiger partial charge in [-0.1, -0.05) is 103 Å². The van der Waals surface area contributed by atoms with Crippen molar-refractivity contribution >= 4 is 5.97 Å². The lowest BCUT2D eigenvalue weighted by Crippen LogP contribution is -2.31. The summed E-state index contributed by atoms with van der Waals surface area (Å²) in [6, 6.07) is 0. The van der Waals surface area contributed by atoms with Crippen molar-refractivity contribution < 1.29 is 34.7 Å². The summed E-state index contributed by atoms with van der Waals surface area (Å²) in [6.07, 6.45) is 23.3. The molecular formula is C35H64O7. The van der Waals surface area contributed by atoms with Gasteiger partial charge in [0.25, 0.3) is 0 Å². The molecule has 42 heavy (non-hydrogen) atoms. The standard InChI is InChI=1S/C35H64O7/c1-3-4-20-31(37)32(38)22-23-33(39)34-24-21-30(42-34)19-17-15-13-11-9-7-5-6-8-10-12-14-16-18-29(36)26-28-25-27(2)41-35(28)40/h25,27,29-34,36-39H,3-24,26H2,1-2H3/t27-,29+,30?,31-,32-,33-,34?/m0/s1. The molecule has 0 amide bonds. The molecule has 7 atom stereocenters. The summed E-state index contributed by atoms with van der Waals surface area (Å²) in [4.78, 5) is 11.6. The van der Waals surface area contributed by atoms with Crippen LogP contribution in [-0.4, -0.2) is 69.1 Å². The van der Waals surface area contributed by atoms with Gasteiger partial charge < -0.3 is 29.9 Å². The number of cyclic esters (lactones) is 1.